The van der Waals surface area contributed by atoms with Crippen LogP contribution >= 0.6 is 11.3 Å². The molecule has 0 aromatic carbocycles. The average molecular weight is 461 g/mol. The number of halogens is 3. The molecule has 162 valence electrons. The van der Waals surface area contributed by atoms with Gasteiger partial charge >= 0.3 is 6.18 Å². The molecule has 1 aliphatic rings. The molecule has 1 aliphatic heterocycles. The minimum Gasteiger partial charge on any atom is -0.367 e. The van der Waals surface area contributed by atoms with E-state index in [9.17, 15) is 26.9 Å². The van der Waals surface area contributed by atoms with Crippen LogP contribution in [0.25, 0.3) is 10.4 Å². The lowest BCUT2D eigenvalue weighted by molar-refractivity contribution is -0.140. The molecule has 3 rings (SSSR count). The van der Waals surface area contributed by atoms with Crippen LogP contribution in [0.5, 0.6) is 0 Å². The van der Waals surface area contributed by atoms with Crippen molar-refractivity contribution in [3.05, 3.63) is 23.5 Å². The molecular formula is C17H19F3N6O2S2. The molecule has 2 aromatic rings. The first-order valence-electron chi connectivity index (χ1n) is 8.91. The maximum Gasteiger partial charge on any atom is 0.434 e. The zero-order valence-corrected chi connectivity index (χ0v) is 17.7. The Labute approximate surface area is 175 Å². The highest BCUT2D eigenvalue weighted by atomic mass is 32.2. The number of sulfonamides is 1. The molecule has 0 radical (unpaired) electrons. The summed E-state index contributed by atoms with van der Waals surface area (Å²) < 4.78 is 65.1. The Morgan fingerprint density at radius 3 is 2.53 bits per heavy atom. The van der Waals surface area contributed by atoms with Crippen molar-refractivity contribution in [2.75, 3.05) is 37.0 Å². The third-order valence-electron chi connectivity index (χ3n) is 4.65. The van der Waals surface area contributed by atoms with Gasteiger partial charge in [-0.25, -0.2) is 22.7 Å². The Morgan fingerprint density at radius 1 is 1.33 bits per heavy atom. The monoisotopic (exact) mass is 460 g/mol. The zero-order chi connectivity index (χ0) is 22.1. The van der Waals surface area contributed by atoms with Crippen LogP contribution in [-0.4, -0.2) is 55.1 Å². The topological polar surface area (TPSA) is 111 Å². The molecule has 0 bridgehead atoms. The summed E-state index contributed by atoms with van der Waals surface area (Å²) in [6.07, 6.45) is -1.24. The number of hydrogen-bond donors (Lipinski definition) is 2. The van der Waals surface area contributed by atoms with Crippen molar-refractivity contribution in [1.82, 2.24) is 14.3 Å². The van der Waals surface area contributed by atoms with Gasteiger partial charge in [-0.3, -0.25) is 0 Å². The van der Waals surface area contributed by atoms with Crippen molar-refractivity contribution in [1.29, 1.82) is 5.26 Å². The standard InChI is InChI=1S/C17H19F3N6O2S2/c1-22-16-25-15(17(18,19)20)14(29-16)12-7-13(23-9-10(12)8-21)24-11-3-5-26(6-4-11)30(2,27)28/h7,9,11H,3-6H2,1-2H3,(H,22,25)(H,23,24). The summed E-state index contributed by atoms with van der Waals surface area (Å²) in [6, 6.07) is 3.20. The minimum absolute atomic E-state index is 0.00393. The van der Waals surface area contributed by atoms with Gasteiger partial charge < -0.3 is 10.6 Å². The number of nitrogens with zero attached hydrogens (tertiary/aromatic N) is 4. The Hall–Kier alpha value is -2.43. The second-order valence-electron chi connectivity index (χ2n) is 6.75. The molecule has 1 saturated heterocycles. The molecule has 3 heterocycles. The van der Waals surface area contributed by atoms with Crippen molar-refractivity contribution in [2.45, 2.75) is 25.1 Å². The molecule has 0 aliphatic carbocycles. The number of nitrogens with one attached hydrogen (secondary N) is 2. The fourth-order valence-electron chi connectivity index (χ4n) is 3.15. The van der Waals surface area contributed by atoms with E-state index in [2.05, 4.69) is 20.6 Å². The van der Waals surface area contributed by atoms with Gasteiger partial charge in [-0.2, -0.15) is 18.4 Å². The van der Waals surface area contributed by atoms with Gasteiger partial charge in [-0.05, 0) is 18.9 Å². The van der Waals surface area contributed by atoms with Crippen molar-refractivity contribution in [3.63, 3.8) is 0 Å². The highest BCUT2D eigenvalue weighted by molar-refractivity contribution is 7.88. The number of aromatic nitrogens is 2. The van der Waals surface area contributed by atoms with Crippen LogP contribution in [0.3, 0.4) is 0 Å². The molecule has 1 fully saturated rings. The lowest BCUT2D eigenvalue weighted by atomic mass is 10.1. The van der Waals surface area contributed by atoms with Gasteiger partial charge in [0.15, 0.2) is 10.8 Å². The summed E-state index contributed by atoms with van der Waals surface area (Å²) in [5.41, 5.74) is -0.967. The number of rotatable bonds is 5. The number of anilines is 2. The van der Waals surface area contributed by atoms with Crippen LogP contribution in [-0.2, 0) is 16.2 Å². The third-order valence-corrected chi connectivity index (χ3v) is 7.06. The normalized spacial score (nSPS) is 16.3. The number of pyridine rings is 1. The van der Waals surface area contributed by atoms with Crippen LogP contribution in [0.4, 0.5) is 24.1 Å². The molecule has 0 atom stereocenters. The van der Waals surface area contributed by atoms with Gasteiger partial charge in [0.2, 0.25) is 10.0 Å². The predicted octanol–water partition coefficient (Wildman–Crippen LogP) is 2.97. The number of piperidine rings is 1. The lowest BCUT2D eigenvalue weighted by Gasteiger charge is -2.31. The summed E-state index contributed by atoms with van der Waals surface area (Å²) in [4.78, 5) is 7.57. The quantitative estimate of drug-likeness (QED) is 0.706. The fourth-order valence-corrected chi connectivity index (χ4v) is 5.00. The third kappa shape index (κ3) is 4.82. The van der Waals surface area contributed by atoms with Gasteiger partial charge in [0.25, 0.3) is 0 Å². The largest absolute Gasteiger partial charge is 0.434 e. The molecule has 0 spiro atoms. The molecule has 8 nitrogen and oxygen atoms in total. The molecule has 13 heteroatoms. The Balaban J connectivity index is 1.89. The van der Waals surface area contributed by atoms with Gasteiger partial charge in [0.1, 0.15) is 11.9 Å². The van der Waals surface area contributed by atoms with Gasteiger partial charge in [0, 0.05) is 37.9 Å². The Morgan fingerprint density at radius 2 is 2.00 bits per heavy atom. The molecule has 30 heavy (non-hydrogen) atoms. The highest BCUT2D eigenvalue weighted by Gasteiger charge is 2.38. The van der Waals surface area contributed by atoms with Crippen LogP contribution in [0.2, 0.25) is 0 Å². The van der Waals surface area contributed by atoms with E-state index in [0.29, 0.717) is 31.7 Å². The molecule has 0 unspecified atom stereocenters. The van der Waals surface area contributed by atoms with Crippen molar-refractivity contribution in [3.8, 4) is 16.5 Å². The van der Waals surface area contributed by atoms with Gasteiger partial charge in [0.05, 0.1) is 16.7 Å². The average Bonchev–Trinajstić information content (AvgIpc) is 3.12. The number of alkyl halides is 3. The fraction of sp³-hybridized carbons (Fsp3) is 0.471. The maximum atomic E-state index is 13.5. The zero-order valence-electron chi connectivity index (χ0n) is 16.1. The molecule has 0 amide bonds. The van der Waals surface area contributed by atoms with Gasteiger partial charge in [-0.15, -0.1) is 0 Å². The van der Waals surface area contributed by atoms with E-state index in [1.807, 2.05) is 6.07 Å². The first-order chi connectivity index (χ1) is 14.0. The van der Waals surface area contributed by atoms with Crippen molar-refractivity contribution >= 4 is 32.3 Å². The molecule has 0 saturated carbocycles. The second kappa shape index (κ2) is 8.37. The first-order valence-corrected chi connectivity index (χ1v) is 11.6. The lowest BCUT2D eigenvalue weighted by Crippen LogP contribution is -2.41. The second-order valence-corrected chi connectivity index (χ2v) is 9.73. The van der Waals surface area contributed by atoms with E-state index < -0.39 is 21.9 Å². The minimum atomic E-state index is -4.68. The van der Waals surface area contributed by atoms with E-state index in [1.165, 1.54) is 23.6 Å². The SMILES string of the molecule is CNc1nc(C(F)(F)F)c(-c2cc(NC3CCN(S(C)(=O)=O)CC3)ncc2C#N)s1. The maximum absolute atomic E-state index is 13.5. The van der Waals surface area contributed by atoms with Crippen LogP contribution in [0.15, 0.2) is 12.3 Å². The summed E-state index contributed by atoms with van der Waals surface area (Å²) >= 11 is 0.805. The van der Waals surface area contributed by atoms with E-state index in [0.717, 1.165) is 17.6 Å². The van der Waals surface area contributed by atoms with E-state index in [4.69, 9.17) is 0 Å². The van der Waals surface area contributed by atoms with E-state index in [1.54, 1.807) is 0 Å². The van der Waals surface area contributed by atoms with Crippen LogP contribution in [0.1, 0.15) is 24.1 Å². The number of nitriles is 1. The van der Waals surface area contributed by atoms with Crippen molar-refractivity contribution in [2.24, 2.45) is 0 Å². The summed E-state index contributed by atoms with van der Waals surface area (Å²) in [5, 5.41) is 15.2. The van der Waals surface area contributed by atoms with Crippen LogP contribution < -0.4 is 10.6 Å². The number of thiazole rings is 1. The Kier molecular flexibility index (Phi) is 6.21. The number of hydrogen-bond acceptors (Lipinski definition) is 8. The summed E-state index contributed by atoms with van der Waals surface area (Å²) in [6.45, 7) is 0.691. The first kappa shape index (κ1) is 22.3. The summed E-state index contributed by atoms with van der Waals surface area (Å²) in [7, 11) is -1.79. The van der Waals surface area contributed by atoms with Crippen molar-refractivity contribution < 1.29 is 21.6 Å². The van der Waals surface area contributed by atoms with E-state index in [-0.39, 0.29) is 27.2 Å². The predicted molar refractivity (Wildman–Crippen MR) is 108 cm³/mol. The Bertz CT molecular complexity index is 1070. The highest BCUT2D eigenvalue weighted by Crippen LogP contribution is 2.43. The molecule has 2 aromatic heterocycles. The molecule has 2 N–H and O–H groups in total. The molecular weight excluding hydrogens is 441 g/mol. The summed E-state index contributed by atoms with van der Waals surface area (Å²) in [5.74, 6) is 0.314. The van der Waals surface area contributed by atoms with E-state index >= 15 is 0 Å². The smallest absolute Gasteiger partial charge is 0.367 e. The van der Waals surface area contributed by atoms with Crippen LogP contribution in [0, 0.1) is 11.3 Å². The van der Waals surface area contributed by atoms with Gasteiger partial charge in [-0.1, -0.05) is 11.3 Å².